The highest BCUT2D eigenvalue weighted by molar-refractivity contribution is 5.92. The van der Waals surface area contributed by atoms with Crippen molar-refractivity contribution in [3.05, 3.63) is 35.4 Å². The lowest BCUT2D eigenvalue weighted by Crippen LogP contribution is -2.54. The fourth-order valence-electron chi connectivity index (χ4n) is 3.32. The maximum absolute atomic E-state index is 13.7. The lowest BCUT2D eigenvalue weighted by atomic mass is 9.98. The molecule has 0 heterocycles. The summed E-state index contributed by atoms with van der Waals surface area (Å²) < 4.78 is 5.26. The summed E-state index contributed by atoms with van der Waals surface area (Å²) in [6.45, 7) is 11.8. The number of ether oxygens (including phenoxy) is 1. The van der Waals surface area contributed by atoms with E-state index in [4.69, 9.17) is 10.5 Å². The highest BCUT2D eigenvalue weighted by Crippen LogP contribution is 2.25. The molecule has 4 N–H and O–H groups in total. The summed E-state index contributed by atoms with van der Waals surface area (Å²) in [5.41, 5.74) is 5.19. The molecule has 1 aromatic rings. The summed E-state index contributed by atoms with van der Waals surface area (Å²) >= 11 is 0. The van der Waals surface area contributed by atoms with E-state index >= 15 is 0 Å². The number of aryl methyl sites for hydroxylation is 1. The fraction of sp³-hybridized carbons (Fsp3) is 0.560. The van der Waals surface area contributed by atoms with Crippen molar-refractivity contribution in [2.45, 2.75) is 84.5 Å². The van der Waals surface area contributed by atoms with Crippen molar-refractivity contribution in [2.24, 2.45) is 5.73 Å². The second-order valence-corrected chi connectivity index (χ2v) is 10.4. The molecule has 0 saturated carbocycles. The second-order valence-electron chi connectivity index (χ2n) is 10.4. The molecule has 192 valence electrons. The third-order valence-corrected chi connectivity index (χ3v) is 4.61. The van der Waals surface area contributed by atoms with E-state index in [1.165, 1.54) is 0 Å². The van der Waals surface area contributed by atoms with Gasteiger partial charge in [-0.15, -0.1) is 0 Å². The van der Waals surface area contributed by atoms with Crippen LogP contribution in [0.5, 0.6) is 0 Å². The number of amides is 4. The molecule has 0 fully saturated rings. The van der Waals surface area contributed by atoms with Crippen molar-refractivity contribution in [3.8, 4) is 6.07 Å². The second kappa shape index (κ2) is 12.2. The zero-order valence-electron chi connectivity index (χ0n) is 21.6. The van der Waals surface area contributed by atoms with Crippen molar-refractivity contribution < 1.29 is 23.9 Å². The van der Waals surface area contributed by atoms with Gasteiger partial charge in [0, 0.05) is 12.0 Å². The van der Waals surface area contributed by atoms with E-state index < -0.39 is 53.6 Å². The molecule has 0 aliphatic rings. The van der Waals surface area contributed by atoms with Gasteiger partial charge >= 0.3 is 6.09 Å². The number of carbonyl (C=O) groups excluding carboxylic acids is 4. The van der Waals surface area contributed by atoms with Gasteiger partial charge in [0.05, 0.1) is 6.07 Å². The van der Waals surface area contributed by atoms with Gasteiger partial charge in [0.15, 0.2) is 0 Å². The average molecular weight is 488 g/mol. The van der Waals surface area contributed by atoms with Crippen LogP contribution in [0.2, 0.25) is 0 Å². The van der Waals surface area contributed by atoms with Crippen LogP contribution < -0.4 is 16.4 Å². The number of nitrogens with two attached hydrogens (primary N) is 1. The number of rotatable bonds is 9. The zero-order chi connectivity index (χ0) is 27.0. The van der Waals surface area contributed by atoms with Crippen molar-refractivity contribution in [1.29, 1.82) is 5.26 Å². The number of benzene rings is 1. The van der Waals surface area contributed by atoms with E-state index in [-0.39, 0.29) is 12.8 Å². The Kier molecular flexibility index (Phi) is 10.3. The van der Waals surface area contributed by atoms with Gasteiger partial charge in [0.25, 0.3) is 0 Å². The first kappa shape index (κ1) is 29.4. The number of carbonyl (C=O) groups is 4. The van der Waals surface area contributed by atoms with E-state index in [0.29, 0.717) is 5.56 Å². The van der Waals surface area contributed by atoms with E-state index in [1.807, 2.05) is 19.1 Å². The van der Waals surface area contributed by atoms with Crippen LogP contribution in [0.15, 0.2) is 24.3 Å². The molecule has 1 aromatic carbocycles. The van der Waals surface area contributed by atoms with Crippen LogP contribution in [0.3, 0.4) is 0 Å². The van der Waals surface area contributed by atoms with Gasteiger partial charge in [-0.2, -0.15) is 5.26 Å². The maximum atomic E-state index is 13.7. The Morgan fingerprint density at radius 2 is 1.77 bits per heavy atom. The topological polar surface area (TPSA) is 155 Å². The predicted octanol–water partition coefficient (Wildman–Crippen LogP) is 2.46. The molecule has 0 saturated heterocycles. The monoisotopic (exact) mass is 487 g/mol. The van der Waals surface area contributed by atoms with Crippen molar-refractivity contribution in [3.63, 3.8) is 0 Å². The van der Waals surface area contributed by atoms with Gasteiger partial charge in [-0.25, -0.2) is 4.79 Å². The largest absolute Gasteiger partial charge is 0.444 e. The number of alkyl carbamates (subject to hydrolysis) is 1. The van der Waals surface area contributed by atoms with Crippen molar-refractivity contribution in [2.75, 3.05) is 6.54 Å². The summed E-state index contributed by atoms with van der Waals surface area (Å²) in [5.74, 6) is -1.87. The lowest BCUT2D eigenvalue weighted by Gasteiger charge is -2.34. The number of hydrogen-bond acceptors (Lipinski definition) is 6. The first-order valence-electron chi connectivity index (χ1n) is 11.4. The fourth-order valence-corrected chi connectivity index (χ4v) is 3.32. The summed E-state index contributed by atoms with van der Waals surface area (Å²) in [4.78, 5) is 52.0. The van der Waals surface area contributed by atoms with Gasteiger partial charge in [-0.1, -0.05) is 29.8 Å². The SMILES string of the molecule is Cc1cccc(C(C(=O)NC(C)(C)C)N(CC#N)C(=O)C(CCC(N)=O)NC(=O)OC(C)(C)C)c1. The molecule has 1 rings (SSSR count). The average Bonchev–Trinajstić information content (AvgIpc) is 2.67. The minimum absolute atomic E-state index is 0.128. The molecule has 10 heteroatoms. The molecular formula is C25H37N5O5. The number of nitrogens with one attached hydrogen (secondary N) is 2. The maximum Gasteiger partial charge on any atom is 0.408 e. The highest BCUT2D eigenvalue weighted by Gasteiger charge is 2.37. The van der Waals surface area contributed by atoms with E-state index in [9.17, 15) is 24.4 Å². The standard InChI is InChI=1S/C25H37N5O5/c1-16-9-8-10-17(15-16)20(21(32)29-24(2,3)4)30(14-13-26)22(33)18(11-12-19(27)31)28-23(34)35-25(5,6)7/h8-10,15,18,20H,11-12,14H2,1-7H3,(H2,27,31)(H,28,34)(H,29,32). The first-order chi connectivity index (χ1) is 16.0. The molecule has 2 unspecified atom stereocenters. The molecule has 0 aliphatic carbocycles. The third kappa shape index (κ3) is 10.5. The number of hydrogen-bond donors (Lipinski definition) is 3. The molecule has 35 heavy (non-hydrogen) atoms. The van der Waals surface area contributed by atoms with E-state index in [2.05, 4.69) is 10.6 Å². The Morgan fingerprint density at radius 3 is 2.26 bits per heavy atom. The van der Waals surface area contributed by atoms with Crippen LogP contribution >= 0.6 is 0 Å². The van der Waals surface area contributed by atoms with Crippen LogP contribution in [0.1, 0.15) is 71.6 Å². The number of nitrogens with zero attached hydrogens (tertiary/aromatic N) is 2. The van der Waals surface area contributed by atoms with Crippen LogP contribution in [0.4, 0.5) is 4.79 Å². The lowest BCUT2D eigenvalue weighted by molar-refractivity contribution is -0.142. The van der Waals surface area contributed by atoms with Crippen LogP contribution in [-0.2, 0) is 19.1 Å². The Bertz CT molecular complexity index is 972. The summed E-state index contributed by atoms with van der Waals surface area (Å²) in [6, 6.07) is 6.57. The van der Waals surface area contributed by atoms with E-state index in [0.717, 1.165) is 10.5 Å². The molecule has 0 bridgehead atoms. The van der Waals surface area contributed by atoms with Crippen LogP contribution in [0.25, 0.3) is 0 Å². The van der Waals surface area contributed by atoms with E-state index in [1.54, 1.807) is 59.7 Å². The zero-order valence-corrected chi connectivity index (χ0v) is 21.6. The molecule has 0 radical (unpaired) electrons. The predicted molar refractivity (Wildman–Crippen MR) is 131 cm³/mol. The summed E-state index contributed by atoms with van der Waals surface area (Å²) in [6.07, 6.45) is -1.20. The normalized spacial score (nSPS) is 13.1. The van der Waals surface area contributed by atoms with Crippen LogP contribution in [-0.4, -0.2) is 52.4 Å². The van der Waals surface area contributed by atoms with Crippen molar-refractivity contribution >= 4 is 23.8 Å². The van der Waals surface area contributed by atoms with Crippen molar-refractivity contribution in [1.82, 2.24) is 15.5 Å². The summed E-state index contributed by atoms with van der Waals surface area (Å²) in [5, 5.41) is 14.9. The Hall–Kier alpha value is -3.61. The first-order valence-corrected chi connectivity index (χ1v) is 11.4. The molecule has 0 aliphatic heterocycles. The molecular weight excluding hydrogens is 450 g/mol. The van der Waals surface area contributed by atoms with Gasteiger partial charge in [-0.3, -0.25) is 14.4 Å². The number of nitriles is 1. The Labute approximate surface area is 207 Å². The molecule has 10 nitrogen and oxygen atoms in total. The minimum atomic E-state index is -1.25. The van der Waals surface area contributed by atoms with Crippen LogP contribution in [0, 0.1) is 18.3 Å². The summed E-state index contributed by atoms with van der Waals surface area (Å²) in [7, 11) is 0. The van der Waals surface area contributed by atoms with Gasteiger partial charge < -0.3 is 26.0 Å². The Morgan fingerprint density at radius 1 is 1.14 bits per heavy atom. The molecule has 2 atom stereocenters. The highest BCUT2D eigenvalue weighted by atomic mass is 16.6. The molecule has 0 spiro atoms. The molecule has 0 aromatic heterocycles. The van der Waals surface area contributed by atoms with Gasteiger partial charge in [0.2, 0.25) is 17.7 Å². The quantitative estimate of drug-likeness (QED) is 0.455. The van der Waals surface area contributed by atoms with Gasteiger partial charge in [0.1, 0.15) is 24.2 Å². The molecule has 4 amide bonds. The third-order valence-electron chi connectivity index (χ3n) is 4.61. The van der Waals surface area contributed by atoms with Gasteiger partial charge in [-0.05, 0) is 60.5 Å². The minimum Gasteiger partial charge on any atom is -0.444 e. The number of primary amides is 1. The Balaban J connectivity index is 3.48. The smallest absolute Gasteiger partial charge is 0.408 e.